The van der Waals surface area contributed by atoms with E-state index in [9.17, 15) is 9.18 Å². The van der Waals surface area contributed by atoms with Crippen molar-refractivity contribution in [3.63, 3.8) is 0 Å². The predicted molar refractivity (Wildman–Crippen MR) is 100 cm³/mol. The molecule has 1 aromatic carbocycles. The van der Waals surface area contributed by atoms with Crippen LogP contribution in [-0.2, 0) is 0 Å². The van der Waals surface area contributed by atoms with E-state index in [0.29, 0.717) is 18.8 Å². The minimum atomic E-state index is -0.241. The molecule has 1 amide bonds. The summed E-state index contributed by atoms with van der Waals surface area (Å²) in [5.74, 6) is -0.335. The van der Waals surface area contributed by atoms with E-state index in [1.54, 1.807) is 23.2 Å². The molecule has 1 aliphatic carbocycles. The Bertz CT molecular complexity index is 836. The Balaban J connectivity index is 1.40. The van der Waals surface area contributed by atoms with Crippen LogP contribution in [0.1, 0.15) is 54.2 Å². The van der Waals surface area contributed by atoms with Gasteiger partial charge in [0.2, 0.25) is 0 Å². The van der Waals surface area contributed by atoms with Gasteiger partial charge in [-0.1, -0.05) is 23.4 Å². The number of amides is 1. The van der Waals surface area contributed by atoms with Crippen LogP contribution >= 0.6 is 0 Å². The van der Waals surface area contributed by atoms with Crippen molar-refractivity contribution in [3.05, 3.63) is 53.6 Å². The molecule has 4 rings (SSSR count). The average Bonchev–Trinajstić information content (AvgIpc) is 3.19. The van der Waals surface area contributed by atoms with Gasteiger partial charge in [-0.05, 0) is 55.4 Å². The summed E-state index contributed by atoms with van der Waals surface area (Å²) in [4.78, 5) is 14.5. The normalized spacial score (nSPS) is 23.2. The number of hydrogen-bond acceptors (Lipinski definition) is 4. The number of halogens is 1. The SMILES string of the molecule is NC1CCC(n2cc(C(=O)N3CC=C(c4ccc(F)cc4)CC3)nn2)CC1. The second-order valence-corrected chi connectivity index (χ2v) is 7.39. The summed E-state index contributed by atoms with van der Waals surface area (Å²) in [5, 5.41) is 8.28. The van der Waals surface area contributed by atoms with Gasteiger partial charge in [0.1, 0.15) is 5.82 Å². The van der Waals surface area contributed by atoms with Crippen molar-refractivity contribution >= 4 is 11.5 Å². The third kappa shape index (κ3) is 3.93. The zero-order valence-corrected chi connectivity index (χ0v) is 15.2. The molecular formula is C20H24FN5O. The van der Waals surface area contributed by atoms with Gasteiger partial charge in [0, 0.05) is 19.1 Å². The molecule has 0 bridgehead atoms. The Morgan fingerprint density at radius 3 is 2.56 bits per heavy atom. The second-order valence-electron chi connectivity index (χ2n) is 7.39. The Morgan fingerprint density at radius 1 is 1.15 bits per heavy atom. The predicted octanol–water partition coefficient (Wildman–Crippen LogP) is 2.79. The van der Waals surface area contributed by atoms with E-state index < -0.39 is 0 Å². The molecule has 2 aromatic rings. The zero-order chi connectivity index (χ0) is 18.8. The molecule has 0 spiro atoms. The Kier molecular flexibility index (Phi) is 5.03. The summed E-state index contributed by atoms with van der Waals surface area (Å²) in [6.07, 6.45) is 8.46. The monoisotopic (exact) mass is 369 g/mol. The lowest BCUT2D eigenvalue weighted by molar-refractivity contribution is 0.0767. The number of carbonyl (C=O) groups is 1. The zero-order valence-electron chi connectivity index (χ0n) is 15.2. The van der Waals surface area contributed by atoms with E-state index in [1.165, 1.54) is 12.1 Å². The molecule has 7 heteroatoms. The molecule has 0 atom stereocenters. The maximum Gasteiger partial charge on any atom is 0.276 e. The summed E-state index contributed by atoms with van der Waals surface area (Å²) >= 11 is 0. The number of aromatic nitrogens is 3. The van der Waals surface area contributed by atoms with Crippen LogP contribution in [0.4, 0.5) is 4.39 Å². The van der Waals surface area contributed by atoms with Gasteiger partial charge < -0.3 is 10.6 Å². The number of hydrogen-bond donors (Lipinski definition) is 1. The molecule has 1 saturated carbocycles. The van der Waals surface area contributed by atoms with Gasteiger partial charge >= 0.3 is 0 Å². The standard InChI is InChI=1S/C20H24FN5O/c21-16-3-1-14(2-4-16)15-9-11-25(12-10-15)20(27)19-13-26(24-23-19)18-7-5-17(22)6-8-18/h1-4,9,13,17-18H,5-8,10-12,22H2. The lowest BCUT2D eigenvalue weighted by Crippen LogP contribution is -2.35. The highest BCUT2D eigenvalue weighted by molar-refractivity contribution is 5.92. The molecule has 1 aromatic heterocycles. The van der Waals surface area contributed by atoms with Crippen LogP contribution in [0, 0.1) is 5.82 Å². The molecule has 0 radical (unpaired) electrons. The molecule has 0 unspecified atom stereocenters. The number of carbonyl (C=O) groups excluding carboxylic acids is 1. The van der Waals surface area contributed by atoms with Crippen LogP contribution in [0.15, 0.2) is 36.5 Å². The molecule has 2 aliphatic rings. The quantitative estimate of drug-likeness (QED) is 0.903. The number of nitrogens with zero attached hydrogens (tertiary/aromatic N) is 4. The molecule has 142 valence electrons. The Morgan fingerprint density at radius 2 is 1.89 bits per heavy atom. The van der Waals surface area contributed by atoms with Crippen molar-refractivity contribution in [1.82, 2.24) is 19.9 Å². The smallest absolute Gasteiger partial charge is 0.276 e. The van der Waals surface area contributed by atoms with Crippen LogP contribution in [0.3, 0.4) is 0 Å². The largest absolute Gasteiger partial charge is 0.333 e. The molecule has 2 heterocycles. The van der Waals surface area contributed by atoms with Crippen molar-refractivity contribution in [1.29, 1.82) is 0 Å². The molecule has 1 fully saturated rings. The first kappa shape index (κ1) is 17.9. The van der Waals surface area contributed by atoms with E-state index in [2.05, 4.69) is 10.3 Å². The lowest BCUT2D eigenvalue weighted by Gasteiger charge is -2.26. The fraction of sp³-hybridized carbons (Fsp3) is 0.450. The highest BCUT2D eigenvalue weighted by Crippen LogP contribution is 2.27. The third-order valence-electron chi connectivity index (χ3n) is 5.56. The van der Waals surface area contributed by atoms with Crippen LogP contribution in [-0.4, -0.2) is 44.9 Å². The summed E-state index contributed by atoms with van der Waals surface area (Å²) in [7, 11) is 0. The van der Waals surface area contributed by atoms with Crippen molar-refractivity contribution in [2.24, 2.45) is 5.73 Å². The first-order valence-electron chi connectivity index (χ1n) is 9.52. The maximum absolute atomic E-state index is 13.1. The highest BCUT2D eigenvalue weighted by atomic mass is 19.1. The second kappa shape index (κ2) is 7.60. The van der Waals surface area contributed by atoms with E-state index >= 15 is 0 Å². The van der Waals surface area contributed by atoms with E-state index in [1.807, 2.05) is 10.8 Å². The van der Waals surface area contributed by atoms with Gasteiger partial charge in [-0.25, -0.2) is 9.07 Å². The fourth-order valence-electron chi connectivity index (χ4n) is 3.86. The van der Waals surface area contributed by atoms with Gasteiger partial charge in [0.25, 0.3) is 5.91 Å². The van der Waals surface area contributed by atoms with E-state index in [-0.39, 0.29) is 23.8 Å². The molecule has 6 nitrogen and oxygen atoms in total. The molecule has 27 heavy (non-hydrogen) atoms. The minimum absolute atomic E-state index is 0.0943. The molecule has 2 N–H and O–H groups in total. The van der Waals surface area contributed by atoms with Gasteiger partial charge in [-0.15, -0.1) is 5.10 Å². The van der Waals surface area contributed by atoms with E-state index in [4.69, 9.17) is 5.73 Å². The highest BCUT2D eigenvalue weighted by Gasteiger charge is 2.25. The fourth-order valence-corrected chi connectivity index (χ4v) is 3.86. The number of rotatable bonds is 3. The Labute approximate surface area is 157 Å². The lowest BCUT2D eigenvalue weighted by atomic mass is 9.92. The van der Waals surface area contributed by atoms with Crippen LogP contribution in [0.25, 0.3) is 5.57 Å². The summed E-state index contributed by atoms with van der Waals surface area (Å²) in [6, 6.07) is 7.04. The summed E-state index contributed by atoms with van der Waals surface area (Å²) in [6.45, 7) is 1.14. The number of nitrogens with two attached hydrogens (primary N) is 1. The minimum Gasteiger partial charge on any atom is -0.333 e. The summed E-state index contributed by atoms with van der Waals surface area (Å²) in [5.41, 5.74) is 8.49. The molecular weight excluding hydrogens is 345 g/mol. The van der Waals surface area contributed by atoms with Crippen molar-refractivity contribution in [2.45, 2.75) is 44.2 Å². The third-order valence-corrected chi connectivity index (χ3v) is 5.56. The van der Waals surface area contributed by atoms with Gasteiger partial charge in [-0.3, -0.25) is 4.79 Å². The van der Waals surface area contributed by atoms with Crippen LogP contribution in [0.5, 0.6) is 0 Å². The maximum atomic E-state index is 13.1. The first-order chi connectivity index (χ1) is 13.1. The topological polar surface area (TPSA) is 77.0 Å². The Hall–Kier alpha value is -2.54. The molecule has 1 aliphatic heterocycles. The van der Waals surface area contributed by atoms with Gasteiger partial charge in [-0.2, -0.15) is 0 Å². The van der Waals surface area contributed by atoms with Crippen molar-refractivity contribution in [2.75, 3.05) is 13.1 Å². The summed E-state index contributed by atoms with van der Waals surface area (Å²) < 4.78 is 14.9. The van der Waals surface area contributed by atoms with E-state index in [0.717, 1.165) is 43.2 Å². The average molecular weight is 369 g/mol. The van der Waals surface area contributed by atoms with Crippen LogP contribution < -0.4 is 5.73 Å². The molecule has 0 saturated heterocycles. The van der Waals surface area contributed by atoms with Crippen molar-refractivity contribution in [3.8, 4) is 0 Å². The van der Waals surface area contributed by atoms with Crippen molar-refractivity contribution < 1.29 is 9.18 Å². The van der Waals surface area contributed by atoms with Gasteiger partial charge in [0.15, 0.2) is 5.69 Å². The van der Waals surface area contributed by atoms with Crippen LogP contribution in [0.2, 0.25) is 0 Å². The number of benzene rings is 1. The van der Waals surface area contributed by atoms with Gasteiger partial charge in [0.05, 0.1) is 12.2 Å². The first-order valence-corrected chi connectivity index (χ1v) is 9.52.